The van der Waals surface area contributed by atoms with Crippen LogP contribution in [0.25, 0.3) is 0 Å². The number of allylic oxidation sites excluding steroid dienone is 16. The zero-order valence-electron chi connectivity index (χ0n) is 16.8. The SMILES string of the molecule is C.C=C\C(=C/C=C(C)/C(C=C)=C/C=C\C)C1=CC(C)C=C(C)C=C1.CC. The molecule has 0 spiro atoms. The molecule has 1 aliphatic carbocycles. The molecular weight excluding hydrogens is 312 g/mol. The maximum absolute atomic E-state index is 3.97. The highest BCUT2D eigenvalue weighted by Crippen LogP contribution is 2.22. The molecule has 0 heterocycles. The Labute approximate surface area is 163 Å². The van der Waals surface area contributed by atoms with Gasteiger partial charge in [-0.3, -0.25) is 0 Å². The van der Waals surface area contributed by atoms with Crippen molar-refractivity contribution in [2.24, 2.45) is 5.92 Å². The molecule has 0 radical (unpaired) electrons. The van der Waals surface area contributed by atoms with Crippen LogP contribution >= 0.6 is 0 Å². The van der Waals surface area contributed by atoms with Gasteiger partial charge in [0.1, 0.15) is 0 Å². The third-order valence-corrected chi connectivity index (χ3v) is 3.70. The van der Waals surface area contributed by atoms with Gasteiger partial charge >= 0.3 is 0 Å². The van der Waals surface area contributed by atoms with E-state index in [4.69, 9.17) is 0 Å². The first-order valence-electron chi connectivity index (χ1n) is 9.07. The minimum Gasteiger partial charge on any atom is -0.0985 e. The van der Waals surface area contributed by atoms with Crippen molar-refractivity contribution in [1.82, 2.24) is 0 Å². The molecule has 142 valence electrons. The molecule has 0 aromatic carbocycles. The zero-order chi connectivity index (χ0) is 19.2. The Morgan fingerprint density at radius 3 is 2.19 bits per heavy atom. The minimum atomic E-state index is 0. The highest BCUT2D eigenvalue weighted by molar-refractivity contribution is 5.52. The van der Waals surface area contributed by atoms with Gasteiger partial charge in [0.2, 0.25) is 0 Å². The molecule has 0 amide bonds. The van der Waals surface area contributed by atoms with Gasteiger partial charge in [0.15, 0.2) is 0 Å². The van der Waals surface area contributed by atoms with E-state index < -0.39 is 0 Å². The summed E-state index contributed by atoms with van der Waals surface area (Å²) in [5, 5.41) is 0. The van der Waals surface area contributed by atoms with Crippen molar-refractivity contribution < 1.29 is 0 Å². The smallest absolute Gasteiger partial charge is 0.00670 e. The molecule has 0 nitrogen and oxygen atoms in total. The molecule has 1 aliphatic rings. The number of rotatable bonds is 6. The van der Waals surface area contributed by atoms with Crippen LogP contribution in [0.5, 0.6) is 0 Å². The second kappa shape index (κ2) is 15.0. The Balaban J connectivity index is 0. The summed E-state index contributed by atoms with van der Waals surface area (Å²) in [6, 6.07) is 0. The lowest BCUT2D eigenvalue weighted by Crippen LogP contribution is -1.88. The molecule has 0 saturated heterocycles. The van der Waals surface area contributed by atoms with Gasteiger partial charge in [-0.2, -0.15) is 0 Å². The summed E-state index contributed by atoms with van der Waals surface area (Å²) in [5.41, 5.74) is 5.94. The van der Waals surface area contributed by atoms with Crippen molar-refractivity contribution in [3.8, 4) is 0 Å². The fourth-order valence-electron chi connectivity index (χ4n) is 2.42. The van der Waals surface area contributed by atoms with Gasteiger partial charge in [-0.25, -0.2) is 0 Å². The monoisotopic (exact) mass is 350 g/mol. The zero-order valence-corrected chi connectivity index (χ0v) is 16.8. The molecule has 0 saturated carbocycles. The summed E-state index contributed by atoms with van der Waals surface area (Å²) in [4.78, 5) is 0. The van der Waals surface area contributed by atoms with E-state index in [1.54, 1.807) is 0 Å². The van der Waals surface area contributed by atoms with E-state index in [9.17, 15) is 0 Å². The third kappa shape index (κ3) is 9.22. The first-order chi connectivity index (χ1) is 12.0. The maximum atomic E-state index is 3.97. The van der Waals surface area contributed by atoms with Gasteiger partial charge in [0.05, 0.1) is 0 Å². The van der Waals surface area contributed by atoms with Gasteiger partial charge in [-0.1, -0.05) is 114 Å². The lowest BCUT2D eigenvalue weighted by Gasteiger charge is -2.05. The molecule has 0 aromatic rings. The third-order valence-electron chi connectivity index (χ3n) is 3.70. The van der Waals surface area contributed by atoms with Crippen LogP contribution in [0.4, 0.5) is 0 Å². The average Bonchev–Trinajstić information content (AvgIpc) is 2.78. The normalized spacial score (nSPS) is 18.1. The largest absolute Gasteiger partial charge is 0.0985 e. The molecule has 0 aliphatic heterocycles. The predicted octanol–water partition coefficient (Wildman–Crippen LogP) is 8.47. The van der Waals surface area contributed by atoms with E-state index in [0.717, 1.165) is 11.1 Å². The molecule has 1 atom stereocenters. The molecule has 0 aromatic heterocycles. The quantitative estimate of drug-likeness (QED) is 0.421. The summed E-state index contributed by atoms with van der Waals surface area (Å²) >= 11 is 0. The molecule has 1 unspecified atom stereocenters. The van der Waals surface area contributed by atoms with Crippen LogP contribution in [0.3, 0.4) is 0 Å². The van der Waals surface area contributed by atoms with Crippen LogP contribution in [0.2, 0.25) is 0 Å². The molecule has 0 fully saturated rings. The van der Waals surface area contributed by atoms with E-state index in [-0.39, 0.29) is 7.43 Å². The van der Waals surface area contributed by atoms with Gasteiger partial charge < -0.3 is 0 Å². The standard InChI is InChI=1S/C23H28.C2H6.CH4/c1-7-10-11-21(8-2)20(6)13-15-22(9-3)23-14-12-18(4)16-19(5)17-23;1-2;/h7-17,19H,2-3H2,1,4-6H3;1-2H3;1H4/b10-7-,20-13+,21-11+,22-15+;;. The van der Waals surface area contributed by atoms with E-state index in [1.165, 1.54) is 16.7 Å². The number of hydrogen-bond acceptors (Lipinski definition) is 0. The van der Waals surface area contributed by atoms with Crippen LogP contribution in [0, 0.1) is 5.92 Å². The topological polar surface area (TPSA) is 0 Å². The van der Waals surface area contributed by atoms with Gasteiger partial charge in [-0.15, -0.1) is 0 Å². The fraction of sp³-hybridized carbons (Fsp3) is 0.308. The van der Waals surface area contributed by atoms with Crippen molar-refractivity contribution in [2.75, 3.05) is 0 Å². The van der Waals surface area contributed by atoms with E-state index in [0.29, 0.717) is 5.92 Å². The van der Waals surface area contributed by atoms with E-state index in [2.05, 4.69) is 76.5 Å². The molecule has 0 N–H and O–H groups in total. The molecular formula is C26H38. The fourth-order valence-corrected chi connectivity index (χ4v) is 2.42. The Hall–Kier alpha value is -2.34. The molecule has 0 bridgehead atoms. The lowest BCUT2D eigenvalue weighted by atomic mass is 9.99. The summed E-state index contributed by atoms with van der Waals surface area (Å²) in [6.07, 6.45) is 23.0. The highest BCUT2D eigenvalue weighted by Gasteiger charge is 2.04. The van der Waals surface area contributed by atoms with Crippen molar-refractivity contribution in [2.45, 2.75) is 49.0 Å². The second-order valence-corrected chi connectivity index (χ2v) is 5.75. The van der Waals surface area contributed by atoms with Gasteiger partial charge in [0, 0.05) is 0 Å². The van der Waals surface area contributed by atoms with Crippen LogP contribution in [-0.4, -0.2) is 0 Å². The summed E-state index contributed by atoms with van der Waals surface area (Å²) in [7, 11) is 0. The Morgan fingerprint density at radius 1 is 1.00 bits per heavy atom. The lowest BCUT2D eigenvalue weighted by molar-refractivity contribution is 0.927. The summed E-state index contributed by atoms with van der Waals surface area (Å²) < 4.78 is 0. The maximum Gasteiger partial charge on any atom is -0.00670 e. The van der Waals surface area contributed by atoms with Crippen LogP contribution < -0.4 is 0 Å². The van der Waals surface area contributed by atoms with Crippen molar-refractivity contribution in [3.63, 3.8) is 0 Å². The number of hydrogen-bond donors (Lipinski definition) is 0. The highest BCUT2D eigenvalue weighted by atomic mass is 14.1. The van der Waals surface area contributed by atoms with Crippen LogP contribution in [-0.2, 0) is 0 Å². The Bertz CT molecular complexity index is 652. The van der Waals surface area contributed by atoms with Crippen molar-refractivity contribution >= 4 is 0 Å². The first kappa shape index (κ1) is 25.9. The van der Waals surface area contributed by atoms with Crippen molar-refractivity contribution in [1.29, 1.82) is 0 Å². The molecule has 26 heavy (non-hydrogen) atoms. The average molecular weight is 351 g/mol. The van der Waals surface area contributed by atoms with E-state index >= 15 is 0 Å². The Kier molecular flexibility index (Phi) is 14.9. The minimum absolute atomic E-state index is 0. The van der Waals surface area contributed by atoms with Crippen molar-refractivity contribution in [3.05, 3.63) is 108 Å². The summed E-state index contributed by atoms with van der Waals surface area (Å²) in [6.45, 7) is 20.3. The second-order valence-electron chi connectivity index (χ2n) is 5.75. The van der Waals surface area contributed by atoms with E-state index in [1.807, 2.05) is 45.1 Å². The Morgan fingerprint density at radius 2 is 1.65 bits per heavy atom. The van der Waals surface area contributed by atoms with Crippen LogP contribution in [0.15, 0.2) is 108 Å². The van der Waals surface area contributed by atoms with Gasteiger partial charge in [0.25, 0.3) is 0 Å². The van der Waals surface area contributed by atoms with Crippen LogP contribution in [0.1, 0.15) is 49.0 Å². The summed E-state index contributed by atoms with van der Waals surface area (Å²) in [5.74, 6) is 0.423. The molecule has 1 rings (SSSR count). The predicted molar refractivity (Wildman–Crippen MR) is 123 cm³/mol. The molecule has 0 heteroatoms. The van der Waals surface area contributed by atoms with Gasteiger partial charge in [-0.05, 0) is 49.0 Å². The first-order valence-corrected chi connectivity index (χ1v) is 9.07.